The first-order chi connectivity index (χ1) is 9.88. The SMILES string of the molecule is CC(C)NCc1ccc(S(=O)(=O)NCc2ccnn2C)o1. The van der Waals surface area contributed by atoms with E-state index in [4.69, 9.17) is 4.42 Å². The van der Waals surface area contributed by atoms with E-state index in [0.717, 1.165) is 5.69 Å². The van der Waals surface area contributed by atoms with Gasteiger partial charge in [-0.1, -0.05) is 13.8 Å². The molecule has 0 saturated heterocycles. The van der Waals surface area contributed by atoms with Crippen LogP contribution in [0.5, 0.6) is 0 Å². The average Bonchev–Trinajstić information content (AvgIpc) is 3.03. The van der Waals surface area contributed by atoms with E-state index < -0.39 is 10.0 Å². The summed E-state index contributed by atoms with van der Waals surface area (Å²) in [5, 5.41) is 7.07. The Labute approximate surface area is 124 Å². The molecule has 0 aliphatic carbocycles. The molecule has 2 aromatic rings. The number of aromatic nitrogens is 2. The lowest BCUT2D eigenvalue weighted by molar-refractivity contribution is 0.393. The molecule has 2 N–H and O–H groups in total. The van der Waals surface area contributed by atoms with Gasteiger partial charge in [0.05, 0.1) is 18.8 Å². The van der Waals surface area contributed by atoms with Crippen molar-refractivity contribution in [2.75, 3.05) is 0 Å². The zero-order chi connectivity index (χ0) is 15.5. The Morgan fingerprint density at radius 3 is 2.67 bits per heavy atom. The van der Waals surface area contributed by atoms with Gasteiger partial charge < -0.3 is 9.73 Å². The first kappa shape index (κ1) is 15.7. The molecule has 0 amide bonds. The lowest BCUT2D eigenvalue weighted by Gasteiger charge is -2.06. The predicted octanol–water partition coefficient (Wildman–Crippen LogP) is 0.990. The minimum absolute atomic E-state index is 0.0785. The molecule has 0 aliphatic heterocycles. The Morgan fingerprint density at radius 2 is 2.05 bits per heavy atom. The topological polar surface area (TPSA) is 89.2 Å². The van der Waals surface area contributed by atoms with Crippen molar-refractivity contribution in [2.24, 2.45) is 7.05 Å². The van der Waals surface area contributed by atoms with Crippen LogP contribution >= 0.6 is 0 Å². The van der Waals surface area contributed by atoms with Crippen LogP contribution < -0.4 is 10.0 Å². The summed E-state index contributed by atoms with van der Waals surface area (Å²) in [5.74, 6) is 0.588. The van der Waals surface area contributed by atoms with E-state index in [1.165, 1.54) is 6.07 Å². The predicted molar refractivity (Wildman–Crippen MR) is 77.9 cm³/mol. The monoisotopic (exact) mass is 312 g/mol. The molecule has 0 unspecified atom stereocenters. The van der Waals surface area contributed by atoms with Crippen LogP contribution in [0.4, 0.5) is 0 Å². The maximum atomic E-state index is 12.1. The first-order valence-electron chi connectivity index (χ1n) is 6.67. The van der Waals surface area contributed by atoms with Gasteiger partial charge in [-0.3, -0.25) is 4.68 Å². The zero-order valence-corrected chi connectivity index (χ0v) is 13.1. The summed E-state index contributed by atoms with van der Waals surface area (Å²) >= 11 is 0. The average molecular weight is 312 g/mol. The largest absolute Gasteiger partial charge is 0.447 e. The number of aryl methyl sites for hydroxylation is 1. The van der Waals surface area contributed by atoms with Crippen LogP contribution in [0.2, 0.25) is 0 Å². The summed E-state index contributed by atoms with van der Waals surface area (Å²) in [5.41, 5.74) is 0.770. The van der Waals surface area contributed by atoms with Gasteiger partial charge in [0.2, 0.25) is 5.09 Å². The van der Waals surface area contributed by atoms with Crippen molar-refractivity contribution in [1.29, 1.82) is 0 Å². The number of sulfonamides is 1. The molecule has 0 atom stereocenters. The van der Waals surface area contributed by atoms with Crippen LogP contribution in [-0.2, 0) is 30.2 Å². The summed E-state index contributed by atoms with van der Waals surface area (Å²) in [7, 11) is -1.90. The van der Waals surface area contributed by atoms with Crippen LogP contribution in [0.15, 0.2) is 33.9 Å². The van der Waals surface area contributed by atoms with Gasteiger partial charge in [0, 0.05) is 19.3 Å². The van der Waals surface area contributed by atoms with E-state index in [-0.39, 0.29) is 11.6 Å². The Hall–Kier alpha value is -1.64. The fourth-order valence-corrected chi connectivity index (χ4v) is 2.66. The number of hydrogen-bond donors (Lipinski definition) is 2. The van der Waals surface area contributed by atoms with E-state index in [0.29, 0.717) is 18.3 Å². The summed E-state index contributed by atoms with van der Waals surface area (Å²) in [6, 6.07) is 5.18. The maximum Gasteiger partial charge on any atom is 0.274 e. The summed E-state index contributed by atoms with van der Waals surface area (Å²) in [4.78, 5) is 0. The third-order valence-electron chi connectivity index (χ3n) is 2.95. The number of hydrogen-bond acceptors (Lipinski definition) is 5. The van der Waals surface area contributed by atoms with Crippen molar-refractivity contribution in [3.05, 3.63) is 35.9 Å². The second-order valence-corrected chi connectivity index (χ2v) is 6.72. The standard InChI is InChI=1S/C13H20N4O3S/c1-10(2)14-9-12-4-5-13(20-12)21(18,19)16-8-11-6-7-15-17(11)3/h4-7,10,14,16H,8-9H2,1-3H3. The van der Waals surface area contributed by atoms with Gasteiger partial charge in [-0.2, -0.15) is 5.10 Å². The molecule has 8 heteroatoms. The molecule has 0 aliphatic rings. The fraction of sp³-hybridized carbons (Fsp3) is 0.462. The van der Waals surface area contributed by atoms with E-state index >= 15 is 0 Å². The van der Waals surface area contributed by atoms with E-state index in [1.807, 2.05) is 13.8 Å². The van der Waals surface area contributed by atoms with Gasteiger partial charge >= 0.3 is 0 Å². The molecule has 0 saturated carbocycles. The zero-order valence-electron chi connectivity index (χ0n) is 12.3. The number of rotatable bonds is 7. The van der Waals surface area contributed by atoms with E-state index in [2.05, 4.69) is 15.1 Å². The molecule has 2 aromatic heterocycles. The van der Waals surface area contributed by atoms with Gasteiger partial charge in [-0.05, 0) is 18.2 Å². The van der Waals surface area contributed by atoms with E-state index in [1.54, 1.807) is 30.1 Å². The van der Waals surface area contributed by atoms with Crippen LogP contribution in [0, 0.1) is 0 Å². The molecular formula is C13H20N4O3S. The van der Waals surface area contributed by atoms with Crippen LogP contribution in [0.3, 0.4) is 0 Å². The van der Waals surface area contributed by atoms with Gasteiger partial charge in [0.1, 0.15) is 5.76 Å². The van der Waals surface area contributed by atoms with Crippen molar-refractivity contribution >= 4 is 10.0 Å². The molecule has 21 heavy (non-hydrogen) atoms. The molecule has 2 rings (SSSR count). The van der Waals surface area contributed by atoms with Crippen LogP contribution in [-0.4, -0.2) is 24.2 Å². The number of nitrogens with zero attached hydrogens (tertiary/aromatic N) is 2. The van der Waals surface area contributed by atoms with Gasteiger partial charge in [-0.25, -0.2) is 13.1 Å². The molecule has 0 radical (unpaired) electrons. The second-order valence-electron chi connectivity index (χ2n) is 5.03. The van der Waals surface area contributed by atoms with Crippen molar-refractivity contribution < 1.29 is 12.8 Å². The minimum Gasteiger partial charge on any atom is -0.447 e. The Morgan fingerprint density at radius 1 is 1.29 bits per heavy atom. The van der Waals surface area contributed by atoms with Crippen LogP contribution in [0.1, 0.15) is 25.3 Å². The smallest absolute Gasteiger partial charge is 0.274 e. The normalized spacial score (nSPS) is 12.2. The lowest BCUT2D eigenvalue weighted by Crippen LogP contribution is -2.24. The lowest BCUT2D eigenvalue weighted by atomic mass is 10.3. The molecule has 116 valence electrons. The van der Waals surface area contributed by atoms with Gasteiger partial charge in [0.25, 0.3) is 10.0 Å². The molecule has 0 fully saturated rings. The van der Waals surface area contributed by atoms with Crippen molar-refractivity contribution in [1.82, 2.24) is 19.8 Å². The second kappa shape index (κ2) is 6.42. The third-order valence-corrected chi connectivity index (χ3v) is 4.23. The van der Waals surface area contributed by atoms with E-state index in [9.17, 15) is 8.42 Å². The Bertz CT molecular complexity index is 688. The Balaban J connectivity index is 2.01. The van der Waals surface area contributed by atoms with Crippen molar-refractivity contribution in [3.8, 4) is 0 Å². The molecule has 0 aromatic carbocycles. The molecular weight excluding hydrogens is 292 g/mol. The van der Waals surface area contributed by atoms with Gasteiger partial charge in [-0.15, -0.1) is 0 Å². The molecule has 2 heterocycles. The highest BCUT2D eigenvalue weighted by atomic mass is 32.2. The molecule has 0 bridgehead atoms. The number of nitrogens with one attached hydrogen (secondary N) is 2. The molecule has 7 nitrogen and oxygen atoms in total. The highest BCUT2D eigenvalue weighted by Gasteiger charge is 2.19. The first-order valence-corrected chi connectivity index (χ1v) is 8.15. The molecule has 0 spiro atoms. The summed E-state index contributed by atoms with van der Waals surface area (Å²) in [6.45, 7) is 4.68. The van der Waals surface area contributed by atoms with Crippen molar-refractivity contribution in [2.45, 2.75) is 38.1 Å². The fourth-order valence-electron chi connectivity index (χ4n) is 1.72. The highest BCUT2D eigenvalue weighted by Crippen LogP contribution is 2.14. The quantitative estimate of drug-likeness (QED) is 0.796. The van der Waals surface area contributed by atoms with Gasteiger partial charge in [0.15, 0.2) is 0 Å². The summed E-state index contributed by atoms with van der Waals surface area (Å²) < 4.78 is 33.7. The Kier molecular flexibility index (Phi) is 4.81. The number of furan rings is 1. The highest BCUT2D eigenvalue weighted by molar-refractivity contribution is 7.89. The third kappa shape index (κ3) is 4.16. The minimum atomic E-state index is -3.66. The van der Waals surface area contributed by atoms with Crippen molar-refractivity contribution in [3.63, 3.8) is 0 Å². The summed E-state index contributed by atoms with van der Waals surface area (Å²) in [6.07, 6.45) is 1.62. The maximum absolute atomic E-state index is 12.1. The van der Waals surface area contributed by atoms with Crippen LogP contribution in [0.25, 0.3) is 0 Å².